The molecule has 0 heterocycles. The maximum atomic E-state index is 5.74. The average molecular weight is 274 g/mol. The molecule has 0 bridgehead atoms. The summed E-state index contributed by atoms with van der Waals surface area (Å²) >= 11 is 4.11. The fourth-order valence-corrected chi connectivity index (χ4v) is 1.97. The Hall–Kier alpha value is -1.45. The summed E-state index contributed by atoms with van der Waals surface area (Å²) in [6, 6.07) is 8.54. The van der Waals surface area contributed by atoms with Crippen molar-refractivity contribution in [1.29, 1.82) is 0 Å². The maximum Gasteiger partial charge on any atom is 0.0273 e. The second-order valence-corrected chi connectivity index (χ2v) is 5.15. The van der Waals surface area contributed by atoms with E-state index in [1.54, 1.807) is 0 Å². The molecule has 2 nitrogen and oxygen atoms in total. The normalized spacial score (nSPS) is 12.4. The minimum atomic E-state index is 0.290. The second-order valence-electron chi connectivity index (χ2n) is 4.57. The van der Waals surface area contributed by atoms with Crippen LogP contribution in [0, 0.1) is 0 Å². The van der Waals surface area contributed by atoms with E-state index < -0.39 is 0 Å². The molecule has 3 heteroatoms. The highest BCUT2D eigenvalue weighted by Crippen LogP contribution is 2.11. The summed E-state index contributed by atoms with van der Waals surface area (Å²) in [5.74, 6) is 0. The lowest BCUT2D eigenvalue weighted by Gasteiger charge is -2.17. The maximum absolute atomic E-state index is 5.74. The van der Waals surface area contributed by atoms with Crippen LogP contribution in [0.3, 0.4) is 0 Å². The molecule has 1 unspecified atom stereocenters. The molecule has 0 aromatic heterocycles. The van der Waals surface area contributed by atoms with Gasteiger partial charge in [-0.15, -0.1) is 12.6 Å². The van der Waals surface area contributed by atoms with Crippen molar-refractivity contribution in [2.45, 2.75) is 25.9 Å². The van der Waals surface area contributed by atoms with Gasteiger partial charge in [-0.1, -0.05) is 37.4 Å². The van der Waals surface area contributed by atoms with Crippen LogP contribution in [-0.4, -0.2) is 6.04 Å². The van der Waals surface area contributed by atoms with E-state index in [2.05, 4.69) is 50.2 Å². The number of thiol groups is 1. The van der Waals surface area contributed by atoms with Crippen molar-refractivity contribution in [3.05, 3.63) is 71.3 Å². The molecule has 0 aliphatic rings. The van der Waals surface area contributed by atoms with Crippen molar-refractivity contribution < 1.29 is 0 Å². The predicted molar refractivity (Wildman–Crippen MR) is 87.0 cm³/mol. The van der Waals surface area contributed by atoms with Gasteiger partial charge in [0.15, 0.2) is 0 Å². The highest BCUT2D eigenvalue weighted by molar-refractivity contribution is 7.84. The predicted octanol–water partition coefficient (Wildman–Crippen LogP) is 3.18. The van der Waals surface area contributed by atoms with Crippen LogP contribution in [0.4, 0.5) is 0 Å². The molecule has 102 valence electrons. The first-order valence-electron chi connectivity index (χ1n) is 6.31. The van der Waals surface area contributed by atoms with Gasteiger partial charge in [0.1, 0.15) is 0 Å². The zero-order chi connectivity index (χ0) is 14.3. The van der Waals surface area contributed by atoms with E-state index in [9.17, 15) is 0 Å². The first-order chi connectivity index (χ1) is 9.02. The molecule has 1 aromatic carbocycles. The summed E-state index contributed by atoms with van der Waals surface area (Å²) in [6.45, 7) is 10.3. The molecular formula is C16H22N2S. The first kappa shape index (κ1) is 15.6. The molecule has 0 fully saturated rings. The highest BCUT2D eigenvalue weighted by atomic mass is 32.1. The van der Waals surface area contributed by atoms with Gasteiger partial charge in [-0.05, 0) is 41.5 Å². The Labute approximate surface area is 121 Å². The molecule has 0 spiro atoms. The lowest BCUT2D eigenvalue weighted by molar-refractivity contribution is 0.618. The van der Waals surface area contributed by atoms with Gasteiger partial charge in [-0.2, -0.15) is 0 Å². The van der Waals surface area contributed by atoms with Crippen LogP contribution in [0.1, 0.15) is 18.1 Å². The number of nitrogens with one attached hydrogen (secondary N) is 1. The van der Waals surface area contributed by atoms with Crippen LogP contribution in [0.2, 0.25) is 0 Å². The molecule has 0 aliphatic heterocycles. The highest BCUT2D eigenvalue weighted by Gasteiger charge is 2.06. The molecule has 19 heavy (non-hydrogen) atoms. The summed E-state index contributed by atoms with van der Waals surface area (Å²) in [7, 11) is 0. The molecule has 1 atom stereocenters. The summed E-state index contributed by atoms with van der Waals surface area (Å²) in [6.07, 6.45) is 4.61. The van der Waals surface area contributed by atoms with E-state index in [1.807, 2.05) is 24.3 Å². The van der Waals surface area contributed by atoms with Gasteiger partial charge >= 0.3 is 0 Å². The Morgan fingerprint density at radius 1 is 1.32 bits per heavy atom. The summed E-state index contributed by atoms with van der Waals surface area (Å²) in [5.41, 5.74) is 9.07. The van der Waals surface area contributed by atoms with Gasteiger partial charge in [0.2, 0.25) is 0 Å². The van der Waals surface area contributed by atoms with E-state index >= 15 is 0 Å². The van der Waals surface area contributed by atoms with Crippen molar-refractivity contribution in [3.8, 4) is 0 Å². The van der Waals surface area contributed by atoms with Gasteiger partial charge in [-0.3, -0.25) is 0 Å². The van der Waals surface area contributed by atoms with Gasteiger partial charge in [0.25, 0.3) is 0 Å². The van der Waals surface area contributed by atoms with Gasteiger partial charge in [0.05, 0.1) is 0 Å². The molecule has 0 saturated heterocycles. The monoisotopic (exact) mass is 274 g/mol. The zero-order valence-electron chi connectivity index (χ0n) is 11.4. The lowest BCUT2D eigenvalue weighted by atomic mass is 10.0. The van der Waals surface area contributed by atoms with Crippen molar-refractivity contribution in [2.24, 2.45) is 5.73 Å². The Balaban J connectivity index is 2.57. The van der Waals surface area contributed by atoms with Crippen molar-refractivity contribution in [1.82, 2.24) is 5.32 Å². The SMILES string of the molecule is C=C(S)/C=C/C(=C)NC(C)Cc1ccccc1CN. The molecule has 0 radical (unpaired) electrons. The van der Waals surface area contributed by atoms with E-state index in [-0.39, 0.29) is 6.04 Å². The summed E-state index contributed by atoms with van der Waals surface area (Å²) < 4.78 is 0. The largest absolute Gasteiger partial charge is 0.383 e. The van der Waals surface area contributed by atoms with E-state index in [0.717, 1.165) is 12.1 Å². The molecule has 3 N–H and O–H groups in total. The summed E-state index contributed by atoms with van der Waals surface area (Å²) in [4.78, 5) is 0.712. The minimum absolute atomic E-state index is 0.290. The molecule has 1 aromatic rings. The fraction of sp³-hybridized carbons (Fsp3) is 0.250. The Morgan fingerprint density at radius 2 is 1.95 bits per heavy atom. The number of nitrogens with two attached hydrogens (primary N) is 1. The Morgan fingerprint density at radius 3 is 2.53 bits per heavy atom. The summed E-state index contributed by atoms with van der Waals surface area (Å²) in [5, 5.41) is 3.34. The van der Waals surface area contributed by atoms with Crippen LogP contribution in [0.25, 0.3) is 0 Å². The van der Waals surface area contributed by atoms with E-state index in [4.69, 9.17) is 5.73 Å². The van der Waals surface area contributed by atoms with E-state index in [1.165, 1.54) is 11.1 Å². The Kier molecular flexibility index (Phi) is 6.46. The fourth-order valence-electron chi connectivity index (χ4n) is 1.90. The number of hydrogen-bond acceptors (Lipinski definition) is 3. The quantitative estimate of drug-likeness (QED) is 0.528. The molecular weight excluding hydrogens is 252 g/mol. The van der Waals surface area contributed by atoms with Gasteiger partial charge < -0.3 is 11.1 Å². The van der Waals surface area contributed by atoms with Crippen LogP contribution in [0.15, 0.2) is 60.2 Å². The molecule has 0 aliphatic carbocycles. The average Bonchev–Trinajstić information content (AvgIpc) is 2.37. The third-order valence-corrected chi connectivity index (χ3v) is 2.92. The van der Waals surface area contributed by atoms with Crippen LogP contribution in [-0.2, 0) is 13.0 Å². The Bertz CT molecular complexity index is 477. The lowest BCUT2D eigenvalue weighted by Crippen LogP contribution is -2.27. The first-order valence-corrected chi connectivity index (χ1v) is 6.76. The topological polar surface area (TPSA) is 38.0 Å². The van der Waals surface area contributed by atoms with Crippen molar-refractivity contribution >= 4 is 12.6 Å². The van der Waals surface area contributed by atoms with Crippen LogP contribution >= 0.6 is 12.6 Å². The van der Waals surface area contributed by atoms with E-state index in [0.29, 0.717) is 11.4 Å². The third-order valence-electron chi connectivity index (χ3n) is 2.77. The molecule has 0 saturated carbocycles. The molecule has 1 rings (SSSR count). The van der Waals surface area contributed by atoms with Crippen LogP contribution in [0.5, 0.6) is 0 Å². The standard InChI is InChI=1S/C16H22N2S/c1-12(8-9-14(3)19)18-13(2)10-15-6-4-5-7-16(15)11-17/h4-9,13,18-19H,1,3,10-11,17H2,2H3/b9-8+. The number of allylic oxidation sites excluding steroid dienone is 2. The van der Waals surface area contributed by atoms with Gasteiger partial charge in [0, 0.05) is 18.3 Å². The smallest absolute Gasteiger partial charge is 0.0273 e. The second kappa shape index (κ2) is 7.87. The number of hydrogen-bond donors (Lipinski definition) is 3. The van der Waals surface area contributed by atoms with Crippen molar-refractivity contribution in [3.63, 3.8) is 0 Å². The van der Waals surface area contributed by atoms with Crippen molar-refractivity contribution in [2.75, 3.05) is 0 Å². The number of rotatable bonds is 7. The zero-order valence-corrected chi connectivity index (χ0v) is 12.3. The van der Waals surface area contributed by atoms with Gasteiger partial charge in [-0.25, -0.2) is 0 Å². The number of benzene rings is 1. The molecule has 0 amide bonds. The van der Waals surface area contributed by atoms with Crippen LogP contribution < -0.4 is 11.1 Å². The minimum Gasteiger partial charge on any atom is -0.383 e. The third kappa shape index (κ3) is 5.81.